The molecule has 1 N–H and O–H groups in total. The van der Waals surface area contributed by atoms with Crippen molar-refractivity contribution >= 4 is 21.6 Å². The standard InChI is InChI=1S/C14H14BrF3N2O/c1-2-20-6-5-10(9-20)8-19-11-3-4-13(12(15)7-11)21-14(16,17)18/h3-7,9,19H,2,8H2,1H3. The van der Waals surface area contributed by atoms with Crippen molar-refractivity contribution in [3.05, 3.63) is 46.7 Å². The van der Waals surface area contributed by atoms with E-state index in [1.165, 1.54) is 6.07 Å². The largest absolute Gasteiger partial charge is 0.573 e. The van der Waals surface area contributed by atoms with Gasteiger partial charge in [-0.25, -0.2) is 0 Å². The number of aromatic nitrogens is 1. The van der Waals surface area contributed by atoms with Gasteiger partial charge in [-0.15, -0.1) is 13.2 Å². The van der Waals surface area contributed by atoms with Gasteiger partial charge in [0.15, 0.2) is 0 Å². The van der Waals surface area contributed by atoms with Crippen molar-refractivity contribution in [3.8, 4) is 5.75 Å². The van der Waals surface area contributed by atoms with E-state index in [0.717, 1.165) is 12.1 Å². The number of alkyl halides is 3. The summed E-state index contributed by atoms with van der Waals surface area (Å²) in [7, 11) is 0. The Morgan fingerprint density at radius 3 is 2.62 bits per heavy atom. The average molecular weight is 363 g/mol. The molecule has 21 heavy (non-hydrogen) atoms. The number of aryl methyl sites for hydroxylation is 1. The van der Waals surface area contributed by atoms with Gasteiger partial charge in [-0.1, -0.05) is 0 Å². The van der Waals surface area contributed by atoms with Crippen LogP contribution in [0.5, 0.6) is 5.75 Å². The molecule has 0 bridgehead atoms. The number of benzene rings is 1. The molecule has 0 aliphatic carbocycles. The third kappa shape index (κ3) is 4.70. The topological polar surface area (TPSA) is 26.2 Å². The summed E-state index contributed by atoms with van der Waals surface area (Å²) >= 11 is 3.07. The van der Waals surface area contributed by atoms with E-state index >= 15 is 0 Å². The zero-order valence-electron chi connectivity index (χ0n) is 11.2. The third-order valence-corrected chi connectivity index (χ3v) is 3.45. The molecule has 0 saturated carbocycles. The molecular formula is C14H14BrF3N2O. The van der Waals surface area contributed by atoms with Gasteiger partial charge in [-0.05, 0) is 52.7 Å². The lowest BCUT2D eigenvalue weighted by atomic mass is 10.3. The minimum atomic E-state index is -4.69. The highest BCUT2D eigenvalue weighted by atomic mass is 79.9. The van der Waals surface area contributed by atoms with Crippen LogP contribution in [0.15, 0.2) is 41.1 Å². The van der Waals surface area contributed by atoms with Crippen molar-refractivity contribution in [3.63, 3.8) is 0 Å². The first-order valence-corrected chi connectivity index (χ1v) is 7.10. The first-order valence-electron chi connectivity index (χ1n) is 6.31. The number of hydrogen-bond acceptors (Lipinski definition) is 2. The monoisotopic (exact) mass is 362 g/mol. The van der Waals surface area contributed by atoms with E-state index < -0.39 is 6.36 Å². The van der Waals surface area contributed by atoms with Crippen LogP contribution in [0.3, 0.4) is 0 Å². The van der Waals surface area contributed by atoms with Gasteiger partial charge in [0.05, 0.1) is 4.47 Å². The zero-order valence-corrected chi connectivity index (χ0v) is 12.8. The highest BCUT2D eigenvalue weighted by molar-refractivity contribution is 9.10. The predicted molar refractivity (Wildman–Crippen MR) is 78.3 cm³/mol. The molecule has 2 rings (SSSR count). The Morgan fingerprint density at radius 2 is 2.05 bits per heavy atom. The van der Waals surface area contributed by atoms with Crippen LogP contribution in [0.2, 0.25) is 0 Å². The molecule has 7 heteroatoms. The Bertz CT molecular complexity index is 611. The number of ether oxygens (including phenoxy) is 1. The fraction of sp³-hybridized carbons (Fsp3) is 0.286. The summed E-state index contributed by atoms with van der Waals surface area (Å²) in [4.78, 5) is 0. The average Bonchev–Trinajstić information content (AvgIpc) is 2.86. The Hall–Kier alpha value is -1.63. The number of anilines is 1. The van der Waals surface area contributed by atoms with E-state index in [9.17, 15) is 13.2 Å². The Kier molecular flexibility index (Phi) is 4.82. The Balaban J connectivity index is 1.99. The van der Waals surface area contributed by atoms with Crippen molar-refractivity contribution in [1.82, 2.24) is 4.57 Å². The van der Waals surface area contributed by atoms with Gasteiger partial charge in [-0.3, -0.25) is 0 Å². The van der Waals surface area contributed by atoms with Crippen LogP contribution in [0.25, 0.3) is 0 Å². The predicted octanol–water partition coefficient (Wildman–Crippen LogP) is 4.78. The van der Waals surface area contributed by atoms with Gasteiger partial charge in [0, 0.05) is 31.2 Å². The van der Waals surface area contributed by atoms with E-state index in [1.807, 2.05) is 30.0 Å². The molecule has 0 radical (unpaired) electrons. The molecule has 0 saturated heterocycles. The van der Waals surface area contributed by atoms with Gasteiger partial charge in [0.2, 0.25) is 0 Å². The molecule has 0 amide bonds. The second-order valence-corrected chi connectivity index (χ2v) is 5.25. The van der Waals surface area contributed by atoms with Crippen molar-refractivity contribution in [1.29, 1.82) is 0 Å². The molecule has 0 aliphatic rings. The van der Waals surface area contributed by atoms with Crippen molar-refractivity contribution < 1.29 is 17.9 Å². The third-order valence-electron chi connectivity index (χ3n) is 2.83. The van der Waals surface area contributed by atoms with E-state index in [-0.39, 0.29) is 10.2 Å². The minimum Gasteiger partial charge on any atom is -0.405 e. The number of rotatable bonds is 5. The number of nitrogens with zero attached hydrogens (tertiary/aromatic N) is 1. The van der Waals surface area contributed by atoms with Gasteiger partial charge in [0.1, 0.15) is 5.75 Å². The molecule has 3 nitrogen and oxygen atoms in total. The summed E-state index contributed by atoms with van der Waals surface area (Å²) < 4.78 is 42.7. The summed E-state index contributed by atoms with van der Waals surface area (Å²) in [5, 5.41) is 3.15. The number of hydrogen-bond donors (Lipinski definition) is 1. The zero-order chi connectivity index (χ0) is 15.5. The van der Waals surface area contributed by atoms with Crippen LogP contribution in [0.1, 0.15) is 12.5 Å². The van der Waals surface area contributed by atoms with E-state index in [1.54, 1.807) is 12.1 Å². The van der Waals surface area contributed by atoms with Gasteiger partial charge >= 0.3 is 6.36 Å². The highest BCUT2D eigenvalue weighted by Crippen LogP contribution is 2.32. The molecule has 0 fully saturated rings. The summed E-state index contributed by atoms with van der Waals surface area (Å²) in [5.41, 5.74) is 1.81. The SMILES string of the molecule is CCn1ccc(CNc2ccc(OC(F)(F)F)c(Br)c2)c1. The quantitative estimate of drug-likeness (QED) is 0.828. The lowest BCUT2D eigenvalue weighted by molar-refractivity contribution is -0.274. The normalized spacial score (nSPS) is 11.5. The molecule has 1 aromatic carbocycles. The molecule has 0 aliphatic heterocycles. The first kappa shape index (κ1) is 15.8. The van der Waals surface area contributed by atoms with Crippen molar-refractivity contribution in [2.75, 3.05) is 5.32 Å². The molecule has 1 aromatic heterocycles. The minimum absolute atomic E-state index is 0.246. The van der Waals surface area contributed by atoms with Crippen LogP contribution >= 0.6 is 15.9 Å². The van der Waals surface area contributed by atoms with E-state index in [2.05, 4.69) is 26.0 Å². The summed E-state index contributed by atoms with van der Waals surface area (Å²) in [6.45, 7) is 3.54. The second-order valence-electron chi connectivity index (χ2n) is 4.40. The van der Waals surface area contributed by atoms with Crippen molar-refractivity contribution in [2.24, 2.45) is 0 Å². The first-order chi connectivity index (χ1) is 9.87. The maximum absolute atomic E-state index is 12.2. The van der Waals surface area contributed by atoms with Gasteiger partial charge < -0.3 is 14.6 Å². The molecule has 0 atom stereocenters. The summed E-state index contributed by atoms with van der Waals surface area (Å²) in [6.07, 6.45) is -0.698. The van der Waals surface area contributed by atoms with Crippen LogP contribution in [-0.4, -0.2) is 10.9 Å². The number of halogens is 4. The smallest absolute Gasteiger partial charge is 0.405 e. The van der Waals surface area contributed by atoms with Crippen LogP contribution in [-0.2, 0) is 13.1 Å². The fourth-order valence-electron chi connectivity index (χ4n) is 1.81. The summed E-state index contributed by atoms with van der Waals surface area (Å²) in [6, 6.07) is 6.37. The highest BCUT2D eigenvalue weighted by Gasteiger charge is 2.31. The molecular weight excluding hydrogens is 349 g/mol. The molecule has 114 valence electrons. The maximum atomic E-state index is 12.2. The van der Waals surface area contributed by atoms with Gasteiger partial charge in [0.25, 0.3) is 0 Å². The Morgan fingerprint density at radius 1 is 1.29 bits per heavy atom. The molecule has 2 aromatic rings. The second kappa shape index (κ2) is 6.43. The molecule has 0 spiro atoms. The fourth-order valence-corrected chi connectivity index (χ4v) is 2.27. The van der Waals surface area contributed by atoms with Crippen LogP contribution < -0.4 is 10.1 Å². The lowest BCUT2D eigenvalue weighted by Crippen LogP contribution is -2.17. The van der Waals surface area contributed by atoms with E-state index in [4.69, 9.17) is 0 Å². The van der Waals surface area contributed by atoms with Crippen LogP contribution in [0, 0.1) is 0 Å². The van der Waals surface area contributed by atoms with E-state index in [0.29, 0.717) is 12.2 Å². The number of nitrogens with one attached hydrogen (secondary N) is 1. The Labute approximate surface area is 128 Å². The molecule has 1 heterocycles. The lowest BCUT2D eigenvalue weighted by Gasteiger charge is -2.12. The maximum Gasteiger partial charge on any atom is 0.573 e. The van der Waals surface area contributed by atoms with Crippen LogP contribution in [0.4, 0.5) is 18.9 Å². The van der Waals surface area contributed by atoms with Crippen molar-refractivity contribution in [2.45, 2.75) is 26.4 Å². The van der Waals surface area contributed by atoms with Gasteiger partial charge in [-0.2, -0.15) is 0 Å². The molecule has 0 unspecified atom stereocenters. The summed E-state index contributed by atoms with van der Waals surface area (Å²) in [5.74, 6) is -0.259.